The van der Waals surface area contributed by atoms with E-state index in [0.717, 1.165) is 32.4 Å². The van der Waals surface area contributed by atoms with E-state index in [1.807, 2.05) is 6.92 Å². The van der Waals surface area contributed by atoms with Crippen molar-refractivity contribution >= 4 is 11.6 Å². The summed E-state index contributed by atoms with van der Waals surface area (Å²) in [5.41, 5.74) is 0.178. The molecule has 1 amide bonds. The maximum Gasteiger partial charge on any atom is 0.241 e. The molecule has 2 N–H and O–H groups in total. The zero-order valence-electron chi connectivity index (χ0n) is 10.3. The van der Waals surface area contributed by atoms with Crippen molar-refractivity contribution in [2.75, 3.05) is 31.5 Å². The highest BCUT2D eigenvalue weighted by Crippen LogP contribution is 2.12. The van der Waals surface area contributed by atoms with Gasteiger partial charge in [0.2, 0.25) is 5.91 Å². The summed E-state index contributed by atoms with van der Waals surface area (Å²) in [4.78, 5) is 17.7. The number of amides is 1. The first-order chi connectivity index (χ1) is 8.68. The molecule has 5 nitrogen and oxygen atoms in total. The van der Waals surface area contributed by atoms with E-state index in [2.05, 4.69) is 20.5 Å². The topological polar surface area (TPSA) is 57.3 Å². The van der Waals surface area contributed by atoms with E-state index in [1.54, 1.807) is 0 Å². The average molecular weight is 252 g/mol. The Morgan fingerprint density at radius 2 is 2.28 bits per heavy atom. The zero-order chi connectivity index (χ0) is 13.0. The molecule has 0 saturated carbocycles. The zero-order valence-corrected chi connectivity index (χ0v) is 10.3. The smallest absolute Gasteiger partial charge is 0.241 e. The molecule has 6 heteroatoms. The Hall–Kier alpha value is -1.53. The van der Waals surface area contributed by atoms with Gasteiger partial charge in [-0.25, -0.2) is 4.39 Å². The van der Waals surface area contributed by atoms with E-state index in [-0.39, 0.29) is 17.6 Å². The highest BCUT2D eigenvalue weighted by molar-refractivity contribution is 5.94. The van der Waals surface area contributed by atoms with Crippen LogP contribution in [-0.4, -0.2) is 48.0 Å². The summed E-state index contributed by atoms with van der Waals surface area (Å²) in [5, 5.41) is 5.82. The first-order valence-electron chi connectivity index (χ1n) is 6.03. The monoisotopic (exact) mass is 252 g/mol. The third kappa shape index (κ3) is 3.02. The number of nitrogens with one attached hydrogen (secondary N) is 2. The van der Waals surface area contributed by atoms with E-state index in [1.165, 1.54) is 12.3 Å². The third-order valence-corrected chi connectivity index (χ3v) is 3.11. The fourth-order valence-corrected chi connectivity index (χ4v) is 1.95. The molecule has 2 heterocycles. The summed E-state index contributed by atoms with van der Waals surface area (Å²) in [6.07, 6.45) is 2.54. The highest BCUT2D eigenvalue weighted by atomic mass is 19.1. The lowest BCUT2D eigenvalue weighted by Gasteiger charge is -2.31. The number of carbonyl (C=O) groups is 1. The lowest BCUT2D eigenvalue weighted by atomic mass is 10.2. The predicted molar refractivity (Wildman–Crippen MR) is 66.7 cm³/mol. The Morgan fingerprint density at radius 1 is 1.56 bits per heavy atom. The Balaban J connectivity index is 1.97. The van der Waals surface area contributed by atoms with Crippen LogP contribution in [0.25, 0.3) is 0 Å². The van der Waals surface area contributed by atoms with Crippen LogP contribution in [0.3, 0.4) is 0 Å². The number of halogens is 1. The molecule has 2 rings (SSSR count). The number of nitrogens with zero attached hydrogens (tertiary/aromatic N) is 2. The first kappa shape index (κ1) is 12.9. The minimum Gasteiger partial charge on any atom is -0.322 e. The molecule has 0 aliphatic carbocycles. The molecule has 1 unspecified atom stereocenters. The quantitative estimate of drug-likeness (QED) is 0.820. The van der Waals surface area contributed by atoms with Gasteiger partial charge in [-0.3, -0.25) is 14.7 Å². The highest BCUT2D eigenvalue weighted by Gasteiger charge is 2.23. The Morgan fingerprint density at radius 3 is 2.94 bits per heavy atom. The Labute approximate surface area is 105 Å². The minimum atomic E-state index is -0.515. The van der Waals surface area contributed by atoms with Gasteiger partial charge in [0.05, 0.1) is 17.9 Å². The van der Waals surface area contributed by atoms with Crippen molar-refractivity contribution in [3.63, 3.8) is 0 Å². The van der Waals surface area contributed by atoms with Crippen molar-refractivity contribution in [1.82, 2.24) is 15.2 Å². The molecule has 0 radical (unpaired) electrons. The molecular formula is C12H17FN4O. The van der Waals surface area contributed by atoms with Crippen molar-refractivity contribution in [3.05, 3.63) is 24.3 Å². The van der Waals surface area contributed by atoms with Crippen molar-refractivity contribution in [2.24, 2.45) is 0 Å². The van der Waals surface area contributed by atoms with Gasteiger partial charge in [-0.15, -0.1) is 0 Å². The molecule has 1 fully saturated rings. The van der Waals surface area contributed by atoms with Crippen LogP contribution in [0.15, 0.2) is 18.5 Å². The molecule has 18 heavy (non-hydrogen) atoms. The van der Waals surface area contributed by atoms with E-state index < -0.39 is 5.82 Å². The summed E-state index contributed by atoms with van der Waals surface area (Å²) >= 11 is 0. The van der Waals surface area contributed by atoms with E-state index >= 15 is 0 Å². The van der Waals surface area contributed by atoms with Crippen molar-refractivity contribution in [2.45, 2.75) is 13.0 Å². The van der Waals surface area contributed by atoms with Gasteiger partial charge in [0.15, 0.2) is 5.82 Å². The fraction of sp³-hybridized carbons (Fsp3) is 0.500. The third-order valence-electron chi connectivity index (χ3n) is 3.11. The summed E-state index contributed by atoms with van der Waals surface area (Å²) in [5.74, 6) is -0.708. The van der Waals surface area contributed by atoms with Crippen LogP contribution < -0.4 is 10.6 Å². The molecule has 1 saturated heterocycles. The standard InChI is InChI=1S/C12H17FN4O/c1-9(17-6-4-14-5-7-17)12(18)16-11-2-3-15-8-10(11)13/h2-3,8-9,14H,4-7H2,1H3,(H,15,16,18). The second kappa shape index (κ2) is 5.88. The van der Waals surface area contributed by atoms with Crippen LogP contribution in [0.4, 0.5) is 10.1 Å². The van der Waals surface area contributed by atoms with Crippen LogP contribution >= 0.6 is 0 Å². The van der Waals surface area contributed by atoms with Crippen LogP contribution in [0, 0.1) is 5.82 Å². The molecule has 1 aliphatic heterocycles. The van der Waals surface area contributed by atoms with Crippen LogP contribution in [-0.2, 0) is 4.79 Å². The maximum absolute atomic E-state index is 13.4. The van der Waals surface area contributed by atoms with Crippen molar-refractivity contribution < 1.29 is 9.18 Å². The normalized spacial score (nSPS) is 18.3. The second-order valence-corrected chi connectivity index (χ2v) is 4.31. The van der Waals surface area contributed by atoms with Gasteiger partial charge in [-0.2, -0.15) is 0 Å². The van der Waals surface area contributed by atoms with Gasteiger partial charge in [0.25, 0.3) is 0 Å². The van der Waals surface area contributed by atoms with Crippen LogP contribution in [0.5, 0.6) is 0 Å². The van der Waals surface area contributed by atoms with Crippen molar-refractivity contribution in [1.29, 1.82) is 0 Å². The molecule has 1 aromatic rings. The molecule has 0 aromatic carbocycles. The van der Waals surface area contributed by atoms with E-state index in [9.17, 15) is 9.18 Å². The lowest BCUT2D eigenvalue weighted by molar-refractivity contribution is -0.121. The lowest BCUT2D eigenvalue weighted by Crippen LogP contribution is -2.51. The fourth-order valence-electron chi connectivity index (χ4n) is 1.95. The SMILES string of the molecule is CC(C(=O)Nc1ccncc1F)N1CCNCC1. The molecule has 0 bridgehead atoms. The van der Waals surface area contributed by atoms with Gasteiger partial charge in [0, 0.05) is 32.4 Å². The van der Waals surface area contributed by atoms with Gasteiger partial charge in [-0.1, -0.05) is 0 Å². The number of piperazine rings is 1. The summed E-state index contributed by atoms with van der Waals surface area (Å²) in [7, 11) is 0. The number of pyridine rings is 1. The second-order valence-electron chi connectivity index (χ2n) is 4.31. The van der Waals surface area contributed by atoms with Gasteiger partial charge in [-0.05, 0) is 13.0 Å². The number of aromatic nitrogens is 1. The predicted octanol–water partition coefficient (Wildman–Crippen LogP) is 0.453. The molecule has 1 aliphatic rings. The molecule has 98 valence electrons. The summed E-state index contributed by atoms with van der Waals surface area (Å²) in [6, 6.07) is 1.19. The Kier molecular flexibility index (Phi) is 4.22. The summed E-state index contributed by atoms with van der Waals surface area (Å²) < 4.78 is 13.4. The van der Waals surface area contributed by atoms with Crippen LogP contribution in [0.2, 0.25) is 0 Å². The van der Waals surface area contributed by atoms with E-state index in [4.69, 9.17) is 0 Å². The molecule has 1 atom stereocenters. The maximum atomic E-state index is 13.4. The van der Waals surface area contributed by atoms with Gasteiger partial charge in [0.1, 0.15) is 0 Å². The largest absolute Gasteiger partial charge is 0.322 e. The Bertz CT molecular complexity index is 420. The van der Waals surface area contributed by atoms with Gasteiger partial charge >= 0.3 is 0 Å². The molecule has 0 spiro atoms. The van der Waals surface area contributed by atoms with Crippen molar-refractivity contribution in [3.8, 4) is 0 Å². The average Bonchev–Trinajstić information content (AvgIpc) is 2.41. The molecule has 1 aromatic heterocycles. The van der Waals surface area contributed by atoms with E-state index in [0.29, 0.717) is 0 Å². The number of hydrogen-bond acceptors (Lipinski definition) is 4. The van der Waals surface area contributed by atoms with Crippen LogP contribution in [0.1, 0.15) is 6.92 Å². The number of hydrogen-bond donors (Lipinski definition) is 2. The minimum absolute atomic E-state index is 0.178. The number of anilines is 1. The number of rotatable bonds is 3. The first-order valence-corrected chi connectivity index (χ1v) is 6.03. The molecular weight excluding hydrogens is 235 g/mol. The number of carbonyl (C=O) groups excluding carboxylic acids is 1. The summed E-state index contributed by atoms with van der Waals surface area (Å²) in [6.45, 7) is 5.24. The van der Waals surface area contributed by atoms with Gasteiger partial charge < -0.3 is 10.6 Å².